The van der Waals surface area contributed by atoms with E-state index in [1.807, 2.05) is 12.1 Å². The summed E-state index contributed by atoms with van der Waals surface area (Å²) in [4.78, 5) is 11.4. The molecule has 0 saturated carbocycles. The van der Waals surface area contributed by atoms with Gasteiger partial charge in [0.25, 0.3) is 0 Å². The highest BCUT2D eigenvalue weighted by molar-refractivity contribution is 5.33. The van der Waals surface area contributed by atoms with Gasteiger partial charge in [-0.05, 0) is 12.5 Å². The molecule has 68 valence electrons. The zero-order valence-electron chi connectivity index (χ0n) is 7.62. The monoisotopic (exact) mass is 176 g/mol. The average Bonchev–Trinajstić information content (AvgIpc) is 2.28. The van der Waals surface area contributed by atoms with Crippen LogP contribution in [0.15, 0.2) is 41.7 Å². The molecule has 0 aromatic heterocycles. The molecule has 2 nitrogen and oxygen atoms in total. The van der Waals surface area contributed by atoms with Gasteiger partial charge in [-0.15, -0.1) is 6.58 Å². The van der Waals surface area contributed by atoms with Gasteiger partial charge in [0, 0.05) is 5.56 Å². The summed E-state index contributed by atoms with van der Waals surface area (Å²) in [5, 5.41) is 0. The van der Waals surface area contributed by atoms with Crippen LogP contribution in [0, 0.1) is 0 Å². The zero-order chi connectivity index (χ0) is 9.68. The lowest BCUT2D eigenvalue weighted by molar-refractivity contribution is 0.407. The number of methoxy groups -OCH3 is 1. The van der Waals surface area contributed by atoms with Crippen molar-refractivity contribution in [2.45, 2.75) is 6.42 Å². The third-order valence-corrected chi connectivity index (χ3v) is 1.74. The van der Waals surface area contributed by atoms with Crippen molar-refractivity contribution in [1.29, 1.82) is 0 Å². The van der Waals surface area contributed by atoms with Crippen molar-refractivity contribution in [2.75, 3.05) is 7.11 Å². The SMILES string of the molecule is C=CCc1ccccc(=O)c1OC. The van der Waals surface area contributed by atoms with E-state index in [0.717, 1.165) is 5.56 Å². The molecule has 0 radical (unpaired) electrons. The Bertz CT molecular complexity index is 356. The number of hydrogen-bond acceptors (Lipinski definition) is 2. The van der Waals surface area contributed by atoms with Gasteiger partial charge < -0.3 is 4.74 Å². The molecule has 13 heavy (non-hydrogen) atoms. The normalized spacial score (nSPS) is 9.31. The zero-order valence-corrected chi connectivity index (χ0v) is 7.62. The van der Waals surface area contributed by atoms with Crippen LogP contribution in [0.3, 0.4) is 0 Å². The van der Waals surface area contributed by atoms with Crippen LogP contribution < -0.4 is 10.2 Å². The maximum Gasteiger partial charge on any atom is 0.220 e. The van der Waals surface area contributed by atoms with Crippen molar-refractivity contribution in [3.8, 4) is 5.75 Å². The van der Waals surface area contributed by atoms with E-state index in [1.165, 1.54) is 13.2 Å². The highest BCUT2D eigenvalue weighted by Crippen LogP contribution is 2.11. The molecule has 0 heterocycles. The first-order valence-corrected chi connectivity index (χ1v) is 4.06. The molecule has 0 aliphatic heterocycles. The second-order valence-corrected chi connectivity index (χ2v) is 2.63. The average molecular weight is 176 g/mol. The Morgan fingerprint density at radius 1 is 1.46 bits per heavy atom. The van der Waals surface area contributed by atoms with Gasteiger partial charge in [-0.25, -0.2) is 0 Å². The van der Waals surface area contributed by atoms with Crippen LogP contribution in [0.5, 0.6) is 5.75 Å². The molecule has 0 amide bonds. The second kappa shape index (κ2) is 4.45. The molecule has 0 saturated heterocycles. The summed E-state index contributed by atoms with van der Waals surface area (Å²) in [5.41, 5.74) is 0.775. The fourth-order valence-electron chi connectivity index (χ4n) is 1.17. The van der Waals surface area contributed by atoms with Crippen molar-refractivity contribution in [1.82, 2.24) is 0 Å². The van der Waals surface area contributed by atoms with E-state index in [2.05, 4.69) is 6.58 Å². The highest BCUT2D eigenvalue weighted by Gasteiger charge is 2.02. The maximum atomic E-state index is 11.4. The van der Waals surface area contributed by atoms with Gasteiger partial charge in [0.1, 0.15) is 0 Å². The van der Waals surface area contributed by atoms with Gasteiger partial charge in [-0.2, -0.15) is 0 Å². The summed E-state index contributed by atoms with van der Waals surface area (Å²) in [6.07, 6.45) is 2.39. The molecule has 2 heteroatoms. The molecular weight excluding hydrogens is 164 g/mol. The number of ether oxygens (including phenoxy) is 1. The third-order valence-electron chi connectivity index (χ3n) is 1.74. The van der Waals surface area contributed by atoms with Gasteiger partial charge in [-0.1, -0.05) is 24.3 Å². The minimum Gasteiger partial charge on any atom is -0.492 e. The van der Waals surface area contributed by atoms with Gasteiger partial charge in [0.15, 0.2) is 5.75 Å². The van der Waals surface area contributed by atoms with E-state index in [0.29, 0.717) is 12.2 Å². The standard InChI is InChI=1S/C11H12O2/c1-3-6-9-7-4-5-8-10(12)11(9)13-2/h3-5,7-8H,1,6H2,2H3. The first kappa shape index (κ1) is 9.52. The maximum absolute atomic E-state index is 11.4. The molecule has 0 fully saturated rings. The smallest absolute Gasteiger partial charge is 0.220 e. The molecule has 1 rings (SSSR count). The lowest BCUT2D eigenvalue weighted by Gasteiger charge is -2.00. The Morgan fingerprint density at radius 2 is 2.15 bits per heavy atom. The lowest BCUT2D eigenvalue weighted by atomic mass is 10.2. The first-order chi connectivity index (χ1) is 6.29. The van der Waals surface area contributed by atoms with E-state index in [9.17, 15) is 4.79 Å². The van der Waals surface area contributed by atoms with Gasteiger partial charge in [0.2, 0.25) is 5.43 Å². The first-order valence-electron chi connectivity index (χ1n) is 4.06. The Hall–Kier alpha value is -1.57. The molecule has 0 unspecified atom stereocenters. The van der Waals surface area contributed by atoms with Crippen molar-refractivity contribution in [2.24, 2.45) is 0 Å². The van der Waals surface area contributed by atoms with Crippen molar-refractivity contribution in [3.05, 3.63) is 52.7 Å². The highest BCUT2D eigenvalue weighted by atomic mass is 16.5. The van der Waals surface area contributed by atoms with Crippen LogP contribution in [0.1, 0.15) is 5.56 Å². The molecule has 0 aliphatic rings. The minimum absolute atomic E-state index is 0.0932. The van der Waals surface area contributed by atoms with Gasteiger partial charge >= 0.3 is 0 Å². The molecule has 0 aliphatic carbocycles. The van der Waals surface area contributed by atoms with E-state index in [1.54, 1.807) is 12.1 Å². The van der Waals surface area contributed by atoms with Crippen LogP contribution in [0.2, 0.25) is 0 Å². The summed E-state index contributed by atoms with van der Waals surface area (Å²) in [6.45, 7) is 3.62. The summed E-state index contributed by atoms with van der Waals surface area (Å²) >= 11 is 0. The summed E-state index contributed by atoms with van der Waals surface area (Å²) in [5.74, 6) is 0.407. The largest absolute Gasteiger partial charge is 0.492 e. The van der Waals surface area contributed by atoms with E-state index < -0.39 is 0 Å². The Morgan fingerprint density at radius 3 is 2.77 bits per heavy atom. The summed E-state index contributed by atoms with van der Waals surface area (Å²) < 4.78 is 5.03. The van der Waals surface area contributed by atoms with Crippen LogP contribution in [-0.4, -0.2) is 7.11 Å². The molecule has 0 N–H and O–H groups in total. The molecular formula is C11H12O2. The van der Waals surface area contributed by atoms with Gasteiger partial charge in [-0.3, -0.25) is 4.79 Å². The van der Waals surface area contributed by atoms with Crippen molar-refractivity contribution >= 4 is 0 Å². The quantitative estimate of drug-likeness (QED) is 0.656. The number of hydrogen-bond donors (Lipinski definition) is 0. The Labute approximate surface area is 77.5 Å². The Balaban J connectivity index is 3.33. The predicted molar refractivity (Wildman–Crippen MR) is 53.2 cm³/mol. The molecule has 1 aromatic rings. The fourth-order valence-corrected chi connectivity index (χ4v) is 1.17. The lowest BCUT2D eigenvalue weighted by Crippen LogP contribution is -2.03. The molecule has 0 atom stereocenters. The summed E-state index contributed by atoms with van der Waals surface area (Å²) in [6, 6.07) is 6.88. The van der Waals surface area contributed by atoms with E-state index in [4.69, 9.17) is 4.74 Å². The third kappa shape index (κ3) is 2.18. The van der Waals surface area contributed by atoms with Crippen LogP contribution in [0.4, 0.5) is 0 Å². The van der Waals surface area contributed by atoms with E-state index >= 15 is 0 Å². The second-order valence-electron chi connectivity index (χ2n) is 2.63. The molecule has 0 spiro atoms. The Kier molecular flexibility index (Phi) is 3.26. The van der Waals surface area contributed by atoms with Crippen LogP contribution >= 0.6 is 0 Å². The van der Waals surface area contributed by atoms with Gasteiger partial charge in [0.05, 0.1) is 7.11 Å². The summed E-state index contributed by atoms with van der Waals surface area (Å²) in [7, 11) is 1.50. The number of allylic oxidation sites excluding steroid dienone is 1. The predicted octanol–water partition coefficient (Wildman–Crippen LogP) is 1.78. The van der Waals surface area contributed by atoms with E-state index in [-0.39, 0.29) is 5.43 Å². The van der Waals surface area contributed by atoms with Crippen molar-refractivity contribution < 1.29 is 4.74 Å². The minimum atomic E-state index is -0.0932. The van der Waals surface area contributed by atoms with Crippen LogP contribution in [-0.2, 0) is 6.42 Å². The topological polar surface area (TPSA) is 26.3 Å². The fraction of sp³-hybridized carbons (Fsp3) is 0.182. The molecule has 1 aromatic carbocycles. The van der Waals surface area contributed by atoms with Crippen LogP contribution in [0.25, 0.3) is 0 Å². The number of rotatable bonds is 3. The molecule has 0 bridgehead atoms. The van der Waals surface area contributed by atoms with Crippen molar-refractivity contribution in [3.63, 3.8) is 0 Å².